The molecule has 3 heterocycles. The van der Waals surface area contributed by atoms with Crippen molar-refractivity contribution in [2.45, 2.75) is 19.6 Å². The highest BCUT2D eigenvalue weighted by Gasteiger charge is 2.33. The molecule has 31 heavy (non-hydrogen) atoms. The molecule has 0 radical (unpaired) electrons. The predicted molar refractivity (Wildman–Crippen MR) is 122 cm³/mol. The monoisotopic (exact) mass is 435 g/mol. The van der Waals surface area contributed by atoms with Crippen molar-refractivity contribution in [3.8, 4) is 11.3 Å². The van der Waals surface area contributed by atoms with Gasteiger partial charge in [0.05, 0.1) is 28.9 Å². The summed E-state index contributed by atoms with van der Waals surface area (Å²) in [5.74, 6) is 0. The third-order valence-electron chi connectivity index (χ3n) is 6.02. The van der Waals surface area contributed by atoms with Crippen LogP contribution in [0.15, 0.2) is 58.1 Å². The summed E-state index contributed by atoms with van der Waals surface area (Å²) in [5, 5.41) is 1.18. The van der Waals surface area contributed by atoms with Crippen LogP contribution in [-0.4, -0.2) is 20.3 Å². The van der Waals surface area contributed by atoms with Crippen molar-refractivity contribution in [2.75, 3.05) is 6.61 Å². The van der Waals surface area contributed by atoms with Crippen LogP contribution in [0.4, 0.5) is 0 Å². The predicted octanol–water partition coefficient (Wildman–Crippen LogP) is 3.79. The molecule has 0 saturated carbocycles. The second-order valence-corrected chi connectivity index (χ2v) is 8.42. The van der Waals surface area contributed by atoms with Crippen LogP contribution in [-0.2, 0) is 25.4 Å². The third kappa shape index (κ3) is 2.98. The van der Waals surface area contributed by atoms with E-state index in [2.05, 4.69) is 10.6 Å². The maximum absolute atomic E-state index is 13.4. The van der Waals surface area contributed by atoms with E-state index in [0.29, 0.717) is 29.1 Å². The lowest BCUT2D eigenvalue weighted by Gasteiger charge is -2.27. The van der Waals surface area contributed by atoms with Gasteiger partial charge in [-0.15, -0.1) is 0 Å². The number of aromatic nitrogens is 3. The fraction of sp³-hybridized carbons (Fsp3) is 0.250. The molecule has 0 aliphatic carbocycles. The Hall–Kier alpha value is -3.09. The summed E-state index contributed by atoms with van der Waals surface area (Å²) in [7, 11) is 3.23. The molecule has 0 N–H and O–H groups in total. The molecule has 0 unspecified atom stereocenters. The van der Waals surface area contributed by atoms with Gasteiger partial charge in [-0.05, 0) is 36.2 Å². The highest BCUT2D eigenvalue weighted by Crippen LogP contribution is 2.40. The van der Waals surface area contributed by atoms with Crippen LogP contribution in [0.25, 0.3) is 22.2 Å². The molecule has 1 atom stereocenters. The topological polar surface area (TPSA) is 58.2 Å². The van der Waals surface area contributed by atoms with Crippen LogP contribution < -0.4 is 11.2 Å². The molecule has 1 aliphatic heterocycles. The Morgan fingerprint density at radius 3 is 2.48 bits per heavy atom. The van der Waals surface area contributed by atoms with Crippen molar-refractivity contribution in [2.24, 2.45) is 14.1 Å². The van der Waals surface area contributed by atoms with E-state index in [0.717, 1.165) is 28.1 Å². The Labute approximate surface area is 183 Å². The molecule has 0 bridgehead atoms. The van der Waals surface area contributed by atoms with Gasteiger partial charge in [0, 0.05) is 25.7 Å². The van der Waals surface area contributed by atoms with Gasteiger partial charge in [-0.3, -0.25) is 13.9 Å². The minimum atomic E-state index is -0.412. The lowest BCUT2D eigenvalue weighted by molar-refractivity contribution is 0.0478. The molecule has 158 valence electrons. The minimum absolute atomic E-state index is 0.300. The summed E-state index contributed by atoms with van der Waals surface area (Å²) in [6, 6.07) is 15.6. The minimum Gasteiger partial charge on any atom is -0.365 e. The van der Waals surface area contributed by atoms with E-state index < -0.39 is 6.10 Å². The number of halogens is 1. The number of hydrogen-bond donors (Lipinski definition) is 0. The summed E-state index contributed by atoms with van der Waals surface area (Å²) in [5.41, 5.74) is 4.57. The van der Waals surface area contributed by atoms with Crippen molar-refractivity contribution in [3.05, 3.63) is 91.2 Å². The van der Waals surface area contributed by atoms with Crippen LogP contribution in [0.5, 0.6) is 0 Å². The summed E-state index contributed by atoms with van der Waals surface area (Å²) in [4.78, 5) is 26.2. The normalized spacial score (nSPS) is 15.9. The summed E-state index contributed by atoms with van der Waals surface area (Å²) in [6.45, 7) is 3.11. The fourth-order valence-corrected chi connectivity index (χ4v) is 4.69. The standard InChI is InChI=1S/C24H22ClN3O3/c1-14-5-4-6-16(13-14)19-18-20(26(2)24(30)27(3)23(18)29)21-22(31-12-11-28(19)21)15-7-9-17(25)10-8-15/h4-10,13,22H,11-12H2,1-3H3/t22-/m1/s1. The van der Waals surface area contributed by atoms with E-state index in [9.17, 15) is 9.59 Å². The first-order valence-corrected chi connectivity index (χ1v) is 10.5. The summed E-state index contributed by atoms with van der Waals surface area (Å²) >= 11 is 6.09. The van der Waals surface area contributed by atoms with E-state index in [4.69, 9.17) is 16.3 Å². The van der Waals surface area contributed by atoms with Crippen molar-refractivity contribution in [1.29, 1.82) is 0 Å². The van der Waals surface area contributed by atoms with Crippen molar-refractivity contribution in [3.63, 3.8) is 0 Å². The molecular weight excluding hydrogens is 414 g/mol. The fourth-order valence-electron chi connectivity index (χ4n) is 4.56. The number of rotatable bonds is 2. The Kier molecular flexibility index (Phi) is 4.64. The molecule has 2 aromatic heterocycles. The molecule has 0 saturated heterocycles. The Morgan fingerprint density at radius 2 is 1.77 bits per heavy atom. The van der Waals surface area contributed by atoms with Gasteiger partial charge in [-0.25, -0.2) is 4.79 Å². The lowest BCUT2D eigenvalue weighted by Crippen LogP contribution is -2.37. The van der Waals surface area contributed by atoms with Crippen LogP contribution in [0.1, 0.15) is 22.9 Å². The zero-order valence-electron chi connectivity index (χ0n) is 17.6. The second-order valence-electron chi connectivity index (χ2n) is 7.99. The Bertz CT molecular complexity index is 1440. The van der Waals surface area contributed by atoms with Crippen molar-refractivity contribution >= 4 is 22.5 Å². The van der Waals surface area contributed by atoms with Gasteiger partial charge in [-0.1, -0.05) is 47.5 Å². The number of ether oxygens (including phenoxy) is 1. The lowest BCUT2D eigenvalue weighted by atomic mass is 10.0. The van der Waals surface area contributed by atoms with Crippen LogP contribution in [0.2, 0.25) is 5.02 Å². The molecule has 6 nitrogen and oxygen atoms in total. The number of hydrogen-bond acceptors (Lipinski definition) is 3. The van der Waals surface area contributed by atoms with Gasteiger partial charge < -0.3 is 9.30 Å². The van der Waals surface area contributed by atoms with Gasteiger partial charge in [0.15, 0.2) is 0 Å². The van der Waals surface area contributed by atoms with E-state index >= 15 is 0 Å². The van der Waals surface area contributed by atoms with Crippen LogP contribution in [0, 0.1) is 6.92 Å². The molecule has 5 rings (SSSR count). The molecule has 4 aromatic rings. The largest absolute Gasteiger partial charge is 0.365 e. The smallest absolute Gasteiger partial charge is 0.331 e. The van der Waals surface area contributed by atoms with Gasteiger partial charge in [-0.2, -0.15) is 0 Å². The maximum Gasteiger partial charge on any atom is 0.331 e. The van der Waals surface area contributed by atoms with Crippen LogP contribution in [0.3, 0.4) is 0 Å². The van der Waals surface area contributed by atoms with E-state index in [1.165, 1.54) is 11.6 Å². The van der Waals surface area contributed by atoms with Gasteiger partial charge in [0.25, 0.3) is 5.56 Å². The second kappa shape index (κ2) is 7.25. The molecule has 2 aromatic carbocycles. The highest BCUT2D eigenvalue weighted by atomic mass is 35.5. The van der Waals surface area contributed by atoms with Crippen molar-refractivity contribution in [1.82, 2.24) is 13.7 Å². The molecule has 0 amide bonds. The third-order valence-corrected chi connectivity index (χ3v) is 6.27. The summed E-state index contributed by atoms with van der Waals surface area (Å²) in [6.07, 6.45) is -0.412. The first-order valence-electron chi connectivity index (χ1n) is 10.1. The average Bonchev–Trinajstić information content (AvgIpc) is 3.12. The Balaban J connectivity index is 1.94. The van der Waals surface area contributed by atoms with Gasteiger partial charge in [0.2, 0.25) is 0 Å². The zero-order valence-corrected chi connectivity index (χ0v) is 18.3. The quantitative estimate of drug-likeness (QED) is 0.481. The highest BCUT2D eigenvalue weighted by molar-refractivity contribution is 6.30. The van der Waals surface area contributed by atoms with E-state index in [-0.39, 0.29) is 11.2 Å². The van der Waals surface area contributed by atoms with Crippen molar-refractivity contribution < 1.29 is 4.74 Å². The number of benzene rings is 2. The molecule has 7 heteroatoms. The van der Waals surface area contributed by atoms with Gasteiger partial charge in [0.1, 0.15) is 6.10 Å². The molecular formula is C24H22ClN3O3. The number of nitrogens with zero attached hydrogens (tertiary/aromatic N) is 3. The molecule has 0 fully saturated rings. The summed E-state index contributed by atoms with van der Waals surface area (Å²) < 4.78 is 11.1. The number of aryl methyl sites for hydroxylation is 2. The molecule has 0 spiro atoms. The van der Waals surface area contributed by atoms with E-state index in [1.54, 1.807) is 11.6 Å². The first-order chi connectivity index (χ1) is 14.9. The zero-order chi connectivity index (χ0) is 21.9. The number of fused-ring (bicyclic) bond motifs is 3. The van der Waals surface area contributed by atoms with Crippen LogP contribution >= 0.6 is 11.6 Å². The van der Waals surface area contributed by atoms with E-state index in [1.807, 2.05) is 49.4 Å². The van der Waals surface area contributed by atoms with Gasteiger partial charge >= 0.3 is 5.69 Å². The SMILES string of the molecule is Cc1cccc(-c2c3c(=O)n(C)c(=O)n(C)c3c3n2CCO[C@@H]3c2ccc(Cl)cc2)c1. The Morgan fingerprint density at radius 1 is 1.03 bits per heavy atom. The average molecular weight is 436 g/mol. The molecule has 1 aliphatic rings. The maximum atomic E-state index is 13.4. The first kappa shape index (κ1) is 19.8.